The summed E-state index contributed by atoms with van der Waals surface area (Å²) in [5.41, 5.74) is 0.895. The van der Waals surface area contributed by atoms with Crippen molar-refractivity contribution in [2.75, 3.05) is 0 Å². The van der Waals surface area contributed by atoms with Crippen LogP contribution < -0.4 is 4.74 Å². The second kappa shape index (κ2) is 6.69. The molecular formula is C12H19ClN2O. The van der Waals surface area contributed by atoms with E-state index in [1.807, 2.05) is 13.8 Å². The van der Waals surface area contributed by atoms with Gasteiger partial charge in [-0.2, -0.15) is 0 Å². The smallest absolute Gasteiger partial charge is 0.232 e. The van der Waals surface area contributed by atoms with Gasteiger partial charge in [-0.25, -0.2) is 4.98 Å². The van der Waals surface area contributed by atoms with E-state index in [9.17, 15) is 0 Å². The second-order valence-electron chi connectivity index (χ2n) is 4.11. The Balaban J connectivity index is 2.59. The Morgan fingerprint density at radius 2 is 2.12 bits per heavy atom. The van der Waals surface area contributed by atoms with Crippen LogP contribution in [-0.4, -0.2) is 21.4 Å². The number of aromatic nitrogens is 2. The summed E-state index contributed by atoms with van der Waals surface area (Å²) in [4.78, 5) is 8.47. The van der Waals surface area contributed by atoms with Gasteiger partial charge in [0.05, 0.1) is 18.0 Å². The largest absolute Gasteiger partial charge is 0.474 e. The normalized spacial score (nSPS) is 12.8. The molecule has 0 saturated carbocycles. The average molecular weight is 243 g/mol. The fourth-order valence-electron chi connectivity index (χ4n) is 1.43. The van der Waals surface area contributed by atoms with Crippen LogP contribution >= 0.6 is 11.6 Å². The molecule has 0 aliphatic rings. The Hall–Kier alpha value is -0.830. The van der Waals surface area contributed by atoms with E-state index in [4.69, 9.17) is 16.3 Å². The van der Waals surface area contributed by atoms with Gasteiger partial charge in [-0.15, -0.1) is 11.6 Å². The Labute approximate surface area is 102 Å². The molecule has 0 amide bonds. The van der Waals surface area contributed by atoms with Gasteiger partial charge >= 0.3 is 0 Å². The summed E-state index contributed by atoms with van der Waals surface area (Å²) in [6.07, 6.45) is 6.33. The lowest BCUT2D eigenvalue weighted by molar-refractivity contribution is 0.231. The number of hydrogen-bond acceptors (Lipinski definition) is 3. The molecule has 1 aromatic heterocycles. The van der Waals surface area contributed by atoms with Crippen LogP contribution in [-0.2, 0) is 6.42 Å². The zero-order valence-corrected chi connectivity index (χ0v) is 10.9. The molecule has 0 bridgehead atoms. The summed E-state index contributed by atoms with van der Waals surface area (Å²) in [6.45, 7) is 6.06. The molecule has 0 aromatic carbocycles. The van der Waals surface area contributed by atoms with E-state index in [0.717, 1.165) is 25.0 Å². The lowest BCUT2D eigenvalue weighted by atomic mass is 10.1. The first-order chi connectivity index (χ1) is 7.61. The maximum atomic E-state index is 6.16. The molecule has 0 saturated heterocycles. The lowest BCUT2D eigenvalue weighted by Crippen LogP contribution is -2.10. The van der Waals surface area contributed by atoms with Crippen molar-refractivity contribution < 1.29 is 4.74 Å². The minimum atomic E-state index is 0.118. The first-order valence-corrected chi connectivity index (χ1v) is 6.17. The molecule has 0 aliphatic heterocycles. The van der Waals surface area contributed by atoms with E-state index in [1.54, 1.807) is 12.4 Å². The van der Waals surface area contributed by atoms with Crippen LogP contribution in [0.25, 0.3) is 0 Å². The summed E-state index contributed by atoms with van der Waals surface area (Å²) in [6, 6.07) is 0. The molecule has 4 heteroatoms. The SMILES string of the molecule is CCCC(Cl)Cc1cncc(OC(C)C)n1. The number of ether oxygens (including phenoxy) is 1. The maximum absolute atomic E-state index is 6.16. The number of alkyl halides is 1. The van der Waals surface area contributed by atoms with E-state index in [0.29, 0.717) is 5.88 Å². The molecule has 1 heterocycles. The Morgan fingerprint density at radius 1 is 1.38 bits per heavy atom. The highest BCUT2D eigenvalue weighted by atomic mass is 35.5. The predicted octanol–water partition coefficient (Wildman–Crippen LogP) is 3.21. The maximum Gasteiger partial charge on any atom is 0.232 e. The zero-order chi connectivity index (χ0) is 12.0. The number of halogens is 1. The highest BCUT2D eigenvalue weighted by Crippen LogP contribution is 2.13. The van der Waals surface area contributed by atoms with Gasteiger partial charge in [-0.1, -0.05) is 13.3 Å². The average Bonchev–Trinajstić information content (AvgIpc) is 2.17. The van der Waals surface area contributed by atoms with Crippen LogP contribution in [0.3, 0.4) is 0 Å². The summed E-state index contributed by atoms with van der Waals surface area (Å²) < 4.78 is 5.48. The van der Waals surface area contributed by atoms with Crippen molar-refractivity contribution >= 4 is 11.6 Å². The number of rotatable bonds is 6. The quantitative estimate of drug-likeness (QED) is 0.719. The Bertz CT molecular complexity index is 318. The number of hydrogen-bond donors (Lipinski definition) is 0. The van der Waals surface area contributed by atoms with Gasteiger partial charge in [0, 0.05) is 18.0 Å². The molecule has 0 spiro atoms. The Kier molecular flexibility index (Phi) is 5.53. The van der Waals surface area contributed by atoms with Crippen LogP contribution in [0.15, 0.2) is 12.4 Å². The van der Waals surface area contributed by atoms with Crippen molar-refractivity contribution in [2.24, 2.45) is 0 Å². The fourth-order valence-corrected chi connectivity index (χ4v) is 1.80. The van der Waals surface area contributed by atoms with Crippen molar-refractivity contribution in [3.05, 3.63) is 18.1 Å². The highest BCUT2D eigenvalue weighted by Gasteiger charge is 2.08. The zero-order valence-electron chi connectivity index (χ0n) is 10.1. The van der Waals surface area contributed by atoms with E-state index in [-0.39, 0.29) is 11.5 Å². The molecule has 0 aliphatic carbocycles. The fraction of sp³-hybridized carbons (Fsp3) is 0.667. The van der Waals surface area contributed by atoms with Crippen LogP contribution in [0, 0.1) is 0 Å². The molecule has 90 valence electrons. The third-order valence-corrected chi connectivity index (χ3v) is 2.42. The van der Waals surface area contributed by atoms with Gasteiger partial charge in [-0.3, -0.25) is 4.98 Å². The first-order valence-electron chi connectivity index (χ1n) is 5.73. The molecule has 3 nitrogen and oxygen atoms in total. The van der Waals surface area contributed by atoms with Gasteiger partial charge in [0.15, 0.2) is 0 Å². The minimum absolute atomic E-state index is 0.118. The lowest BCUT2D eigenvalue weighted by Gasteiger charge is -2.10. The molecular weight excluding hydrogens is 224 g/mol. The molecule has 1 aromatic rings. The van der Waals surface area contributed by atoms with E-state index >= 15 is 0 Å². The Morgan fingerprint density at radius 3 is 2.75 bits per heavy atom. The van der Waals surface area contributed by atoms with Crippen LogP contribution in [0.1, 0.15) is 39.3 Å². The summed E-state index contributed by atoms with van der Waals surface area (Å²) in [5.74, 6) is 0.577. The molecule has 0 N–H and O–H groups in total. The topological polar surface area (TPSA) is 35.0 Å². The molecule has 0 fully saturated rings. The molecule has 1 atom stereocenters. The summed E-state index contributed by atoms with van der Waals surface area (Å²) >= 11 is 6.16. The molecule has 16 heavy (non-hydrogen) atoms. The third-order valence-electron chi connectivity index (χ3n) is 2.05. The van der Waals surface area contributed by atoms with Crippen molar-refractivity contribution in [2.45, 2.75) is 51.5 Å². The first kappa shape index (κ1) is 13.2. The van der Waals surface area contributed by atoms with Crippen molar-refractivity contribution in [3.63, 3.8) is 0 Å². The van der Waals surface area contributed by atoms with Gasteiger partial charge in [0.1, 0.15) is 0 Å². The van der Waals surface area contributed by atoms with Crippen LogP contribution in [0.5, 0.6) is 5.88 Å². The highest BCUT2D eigenvalue weighted by molar-refractivity contribution is 6.20. The standard InChI is InChI=1S/C12H19ClN2O/c1-4-5-10(13)6-11-7-14-8-12(15-11)16-9(2)3/h7-10H,4-6H2,1-3H3. The van der Waals surface area contributed by atoms with Crippen molar-refractivity contribution in [1.29, 1.82) is 0 Å². The van der Waals surface area contributed by atoms with E-state index in [2.05, 4.69) is 16.9 Å². The van der Waals surface area contributed by atoms with E-state index < -0.39 is 0 Å². The van der Waals surface area contributed by atoms with Crippen LogP contribution in [0.4, 0.5) is 0 Å². The van der Waals surface area contributed by atoms with E-state index in [1.165, 1.54) is 0 Å². The van der Waals surface area contributed by atoms with Gasteiger partial charge in [-0.05, 0) is 20.3 Å². The summed E-state index contributed by atoms with van der Waals surface area (Å²) in [7, 11) is 0. The van der Waals surface area contributed by atoms with Gasteiger partial charge in [0.25, 0.3) is 0 Å². The van der Waals surface area contributed by atoms with Crippen molar-refractivity contribution in [1.82, 2.24) is 9.97 Å². The van der Waals surface area contributed by atoms with Crippen molar-refractivity contribution in [3.8, 4) is 5.88 Å². The minimum Gasteiger partial charge on any atom is -0.474 e. The summed E-state index contributed by atoms with van der Waals surface area (Å²) in [5, 5.41) is 0.133. The van der Waals surface area contributed by atoms with Gasteiger partial charge in [0.2, 0.25) is 5.88 Å². The van der Waals surface area contributed by atoms with Gasteiger partial charge < -0.3 is 4.74 Å². The third kappa shape index (κ3) is 4.79. The molecule has 1 rings (SSSR count). The molecule has 1 unspecified atom stereocenters. The predicted molar refractivity (Wildman–Crippen MR) is 66.0 cm³/mol. The number of nitrogens with zero attached hydrogens (tertiary/aromatic N) is 2. The van der Waals surface area contributed by atoms with Crippen LogP contribution in [0.2, 0.25) is 0 Å². The second-order valence-corrected chi connectivity index (χ2v) is 4.72. The molecule has 0 radical (unpaired) electrons. The monoisotopic (exact) mass is 242 g/mol.